The molecule has 0 radical (unpaired) electrons. The van der Waals surface area contributed by atoms with Crippen molar-refractivity contribution in [3.05, 3.63) is 71.8 Å². The first-order valence-corrected chi connectivity index (χ1v) is 8.25. The van der Waals surface area contributed by atoms with E-state index in [2.05, 4.69) is 48.4 Å². The van der Waals surface area contributed by atoms with E-state index in [0.29, 0.717) is 0 Å². The Morgan fingerprint density at radius 1 is 0.818 bits per heavy atom. The average Bonchev–Trinajstić information content (AvgIpc) is 2.59. The highest BCUT2D eigenvalue weighted by Crippen LogP contribution is 2.32. The predicted octanol–water partition coefficient (Wildman–Crippen LogP) is 4.97. The average molecular weight is 304 g/mol. The second-order valence-electron chi connectivity index (χ2n) is 4.89. The maximum atomic E-state index is 5.43. The second-order valence-corrected chi connectivity index (χ2v) is 5.73. The van der Waals surface area contributed by atoms with E-state index in [9.17, 15) is 0 Å². The van der Waals surface area contributed by atoms with Gasteiger partial charge in [0.25, 0.3) is 0 Å². The van der Waals surface area contributed by atoms with Crippen molar-refractivity contribution in [1.82, 2.24) is 0 Å². The fourth-order valence-electron chi connectivity index (χ4n) is 2.32. The van der Waals surface area contributed by atoms with Gasteiger partial charge in [-0.3, -0.25) is 0 Å². The Kier molecular flexibility index (Phi) is 4.37. The SMILES string of the molecule is COc1cc2ccc(C#Cc3ccccc3)cc2cc1SC. The number of ether oxygens (including phenoxy) is 1. The molecule has 0 aliphatic rings. The van der Waals surface area contributed by atoms with Crippen molar-refractivity contribution in [2.75, 3.05) is 13.4 Å². The molecule has 0 fully saturated rings. The van der Waals surface area contributed by atoms with E-state index < -0.39 is 0 Å². The molecule has 0 heterocycles. The summed E-state index contributed by atoms with van der Waals surface area (Å²) in [7, 11) is 1.71. The first-order valence-electron chi connectivity index (χ1n) is 7.03. The molecule has 108 valence electrons. The van der Waals surface area contributed by atoms with Crippen LogP contribution in [0.2, 0.25) is 0 Å². The number of methoxy groups -OCH3 is 1. The maximum Gasteiger partial charge on any atom is 0.133 e. The smallest absolute Gasteiger partial charge is 0.133 e. The molecule has 0 bridgehead atoms. The Hall–Kier alpha value is -2.37. The summed E-state index contributed by atoms with van der Waals surface area (Å²) in [6.45, 7) is 0. The van der Waals surface area contributed by atoms with Crippen LogP contribution in [-0.2, 0) is 0 Å². The zero-order valence-corrected chi connectivity index (χ0v) is 13.4. The molecule has 0 saturated heterocycles. The van der Waals surface area contributed by atoms with Gasteiger partial charge in [-0.05, 0) is 53.4 Å². The molecule has 0 amide bonds. The first kappa shape index (κ1) is 14.6. The molecule has 0 unspecified atom stereocenters. The third-order valence-corrected chi connectivity index (χ3v) is 4.23. The van der Waals surface area contributed by atoms with E-state index >= 15 is 0 Å². The standard InChI is InChI=1S/C20H16OS/c1-21-19-13-17-11-10-16(12-18(17)14-20(19)22-2)9-8-15-6-4-3-5-7-15/h3-7,10-14H,1-2H3. The van der Waals surface area contributed by atoms with Crippen LogP contribution in [-0.4, -0.2) is 13.4 Å². The van der Waals surface area contributed by atoms with Gasteiger partial charge in [0.2, 0.25) is 0 Å². The Labute approximate surface area is 135 Å². The van der Waals surface area contributed by atoms with Gasteiger partial charge < -0.3 is 4.74 Å². The summed E-state index contributed by atoms with van der Waals surface area (Å²) in [4.78, 5) is 1.14. The Morgan fingerprint density at radius 2 is 1.59 bits per heavy atom. The van der Waals surface area contributed by atoms with Crippen LogP contribution in [0.3, 0.4) is 0 Å². The molecule has 3 aromatic carbocycles. The zero-order chi connectivity index (χ0) is 15.4. The zero-order valence-electron chi connectivity index (χ0n) is 12.6. The summed E-state index contributed by atoms with van der Waals surface area (Å²) in [6, 6.07) is 20.6. The van der Waals surface area contributed by atoms with Gasteiger partial charge in [0.05, 0.1) is 7.11 Å². The van der Waals surface area contributed by atoms with Gasteiger partial charge in [0.15, 0.2) is 0 Å². The second kappa shape index (κ2) is 6.60. The molecule has 0 aliphatic carbocycles. The summed E-state index contributed by atoms with van der Waals surface area (Å²) >= 11 is 1.69. The van der Waals surface area contributed by atoms with Crippen LogP contribution in [0.5, 0.6) is 5.75 Å². The molecule has 3 aromatic rings. The summed E-state index contributed by atoms with van der Waals surface area (Å²) in [5.41, 5.74) is 2.05. The third kappa shape index (κ3) is 3.10. The van der Waals surface area contributed by atoms with Crippen molar-refractivity contribution in [2.24, 2.45) is 0 Å². The molecule has 0 aromatic heterocycles. The molecule has 0 aliphatic heterocycles. The van der Waals surface area contributed by atoms with Crippen LogP contribution < -0.4 is 4.74 Å². The highest BCUT2D eigenvalue weighted by molar-refractivity contribution is 7.98. The Bertz CT molecular complexity index is 857. The molecule has 0 spiro atoms. The van der Waals surface area contributed by atoms with Gasteiger partial charge in [-0.15, -0.1) is 11.8 Å². The van der Waals surface area contributed by atoms with Gasteiger partial charge in [-0.1, -0.05) is 36.1 Å². The monoisotopic (exact) mass is 304 g/mol. The number of benzene rings is 3. The van der Waals surface area contributed by atoms with Crippen molar-refractivity contribution in [2.45, 2.75) is 4.90 Å². The number of hydrogen-bond acceptors (Lipinski definition) is 2. The molecule has 0 atom stereocenters. The topological polar surface area (TPSA) is 9.23 Å². The lowest BCUT2D eigenvalue weighted by Crippen LogP contribution is -1.87. The van der Waals surface area contributed by atoms with Crippen molar-refractivity contribution < 1.29 is 4.74 Å². The van der Waals surface area contributed by atoms with E-state index in [0.717, 1.165) is 21.8 Å². The Balaban J connectivity index is 2.01. The fraction of sp³-hybridized carbons (Fsp3) is 0.100. The predicted molar refractivity (Wildman–Crippen MR) is 94.7 cm³/mol. The van der Waals surface area contributed by atoms with Crippen molar-refractivity contribution in [3.63, 3.8) is 0 Å². The lowest BCUT2D eigenvalue weighted by Gasteiger charge is -2.08. The van der Waals surface area contributed by atoms with E-state index in [1.165, 1.54) is 10.8 Å². The molecule has 0 saturated carbocycles. The molecule has 22 heavy (non-hydrogen) atoms. The van der Waals surface area contributed by atoms with Crippen molar-refractivity contribution >= 4 is 22.5 Å². The highest BCUT2D eigenvalue weighted by atomic mass is 32.2. The minimum atomic E-state index is 0.920. The molecule has 2 heteroatoms. The summed E-state index contributed by atoms with van der Waals surface area (Å²) in [6.07, 6.45) is 2.06. The summed E-state index contributed by atoms with van der Waals surface area (Å²) in [5.74, 6) is 7.35. The number of thioether (sulfide) groups is 1. The van der Waals surface area contributed by atoms with E-state index in [4.69, 9.17) is 4.74 Å². The first-order chi connectivity index (χ1) is 10.8. The molecular weight excluding hydrogens is 288 g/mol. The Morgan fingerprint density at radius 3 is 2.32 bits per heavy atom. The minimum Gasteiger partial charge on any atom is -0.496 e. The molecule has 1 nitrogen and oxygen atoms in total. The van der Waals surface area contributed by atoms with Crippen molar-refractivity contribution in [3.8, 4) is 17.6 Å². The van der Waals surface area contributed by atoms with Crippen LogP contribution in [0.1, 0.15) is 11.1 Å². The van der Waals surface area contributed by atoms with Gasteiger partial charge >= 0.3 is 0 Å². The normalized spacial score (nSPS) is 10.1. The van der Waals surface area contributed by atoms with Gasteiger partial charge in [-0.25, -0.2) is 0 Å². The van der Waals surface area contributed by atoms with Crippen LogP contribution in [0, 0.1) is 11.8 Å². The molecule has 3 rings (SSSR count). The fourth-order valence-corrected chi connectivity index (χ4v) is 2.91. The largest absolute Gasteiger partial charge is 0.496 e. The maximum absolute atomic E-state index is 5.43. The molecular formula is C20H16OS. The lowest BCUT2D eigenvalue weighted by atomic mass is 10.1. The van der Waals surface area contributed by atoms with Crippen LogP contribution in [0.25, 0.3) is 10.8 Å². The van der Waals surface area contributed by atoms with Crippen LogP contribution in [0.15, 0.2) is 65.6 Å². The highest BCUT2D eigenvalue weighted by Gasteiger charge is 2.04. The molecule has 0 N–H and O–H groups in total. The number of rotatable bonds is 2. The number of fused-ring (bicyclic) bond motifs is 1. The minimum absolute atomic E-state index is 0.920. The van der Waals surface area contributed by atoms with Gasteiger partial charge in [-0.2, -0.15) is 0 Å². The summed E-state index contributed by atoms with van der Waals surface area (Å²) in [5, 5.41) is 2.35. The van der Waals surface area contributed by atoms with E-state index in [-0.39, 0.29) is 0 Å². The summed E-state index contributed by atoms with van der Waals surface area (Å²) < 4.78 is 5.43. The number of hydrogen-bond donors (Lipinski definition) is 0. The van der Waals surface area contributed by atoms with E-state index in [1.807, 2.05) is 30.3 Å². The lowest BCUT2D eigenvalue weighted by molar-refractivity contribution is 0.405. The quantitative estimate of drug-likeness (QED) is 0.488. The third-order valence-electron chi connectivity index (χ3n) is 3.47. The van der Waals surface area contributed by atoms with Gasteiger partial charge in [0.1, 0.15) is 5.75 Å². The van der Waals surface area contributed by atoms with Gasteiger partial charge in [0, 0.05) is 16.0 Å². The van der Waals surface area contributed by atoms with Crippen molar-refractivity contribution in [1.29, 1.82) is 0 Å². The van der Waals surface area contributed by atoms with E-state index in [1.54, 1.807) is 18.9 Å². The van der Waals surface area contributed by atoms with Crippen LogP contribution >= 0.6 is 11.8 Å². The van der Waals surface area contributed by atoms with Crippen LogP contribution in [0.4, 0.5) is 0 Å².